The number of ketones is 2. The highest BCUT2D eigenvalue weighted by molar-refractivity contribution is 6.10. The first kappa shape index (κ1) is 22.3. The average molecular weight is 448 g/mol. The van der Waals surface area contributed by atoms with Gasteiger partial charge in [-0.05, 0) is 91.7 Å². The fourth-order valence-corrected chi connectivity index (χ4v) is 5.35. The van der Waals surface area contributed by atoms with Crippen LogP contribution in [-0.2, 0) is 14.3 Å². The predicted octanol–water partition coefficient (Wildman–Crippen LogP) is 5.29. The van der Waals surface area contributed by atoms with Crippen molar-refractivity contribution in [3.8, 4) is 17.0 Å². The van der Waals surface area contributed by atoms with Crippen molar-refractivity contribution in [3.05, 3.63) is 47.7 Å². The van der Waals surface area contributed by atoms with E-state index in [9.17, 15) is 9.59 Å². The predicted molar refractivity (Wildman–Crippen MR) is 126 cm³/mol. The average Bonchev–Trinajstić information content (AvgIpc) is 3.64. The van der Waals surface area contributed by atoms with Gasteiger partial charge < -0.3 is 9.47 Å². The first-order chi connectivity index (χ1) is 16.1. The monoisotopic (exact) mass is 447 g/mol. The number of aromatic nitrogens is 1. The van der Waals surface area contributed by atoms with E-state index in [0.717, 1.165) is 54.7 Å². The minimum Gasteiger partial charge on any atom is -0.477 e. The number of pyridine rings is 1. The molecule has 5 nitrogen and oxygen atoms in total. The van der Waals surface area contributed by atoms with Crippen LogP contribution in [0, 0.1) is 24.7 Å². The molecule has 2 aromatic rings. The number of hydrogen-bond acceptors (Lipinski definition) is 5. The minimum atomic E-state index is -0.650. The smallest absolute Gasteiger partial charge is 0.221 e. The Bertz CT molecular complexity index is 1000. The van der Waals surface area contributed by atoms with Crippen molar-refractivity contribution in [3.63, 3.8) is 0 Å². The Hall–Kier alpha value is -2.53. The summed E-state index contributed by atoms with van der Waals surface area (Å²) >= 11 is 0. The van der Waals surface area contributed by atoms with E-state index >= 15 is 0 Å². The molecule has 0 unspecified atom stereocenters. The topological polar surface area (TPSA) is 65.5 Å². The standard InChI is InChI=1S/C28H33NO4/c1-18-4-7-22(23-3-2-10-29-28(23)33-17-20-5-6-20)16-24(18)27-25(30)14-21(15-26(27)31)13-19-8-11-32-12-9-19/h2-4,7,10,16,19-21,27H,5-6,8-9,11-15,17H2,1H3. The summed E-state index contributed by atoms with van der Waals surface area (Å²) < 4.78 is 11.5. The maximum Gasteiger partial charge on any atom is 0.221 e. The Labute approximate surface area is 195 Å². The third kappa shape index (κ3) is 5.19. The zero-order valence-electron chi connectivity index (χ0n) is 19.4. The van der Waals surface area contributed by atoms with E-state index in [2.05, 4.69) is 4.98 Å². The Balaban J connectivity index is 1.35. The molecule has 5 rings (SSSR count). The number of carbonyl (C=O) groups is 2. The molecule has 33 heavy (non-hydrogen) atoms. The zero-order chi connectivity index (χ0) is 22.8. The lowest BCUT2D eigenvalue weighted by atomic mass is 9.72. The summed E-state index contributed by atoms with van der Waals surface area (Å²) in [5, 5.41) is 0. The van der Waals surface area contributed by atoms with Crippen LogP contribution in [0.5, 0.6) is 5.88 Å². The van der Waals surface area contributed by atoms with Gasteiger partial charge in [-0.25, -0.2) is 4.98 Å². The number of Topliss-reactive ketones (excluding diaryl/α,β-unsaturated/α-hetero) is 2. The number of nitrogens with zero attached hydrogens (tertiary/aromatic N) is 1. The Morgan fingerprint density at radius 1 is 0.970 bits per heavy atom. The lowest BCUT2D eigenvalue weighted by Crippen LogP contribution is -2.33. The summed E-state index contributed by atoms with van der Waals surface area (Å²) in [5.74, 6) is 1.50. The van der Waals surface area contributed by atoms with E-state index in [1.54, 1.807) is 6.20 Å². The minimum absolute atomic E-state index is 0.0694. The van der Waals surface area contributed by atoms with Gasteiger partial charge in [0.05, 0.1) is 6.61 Å². The molecule has 0 spiro atoms. The molecule has 0 amide bonds. The third-order valence-corrected chi connectivity index (χ3v) is 7.46. The number of benzene rings is 1. The Morgan fingerprint density at radius 2 is 1.73 bits per heavy atom. The van der Waals surface area contributed by atoms with Gasteiger partial charge in [-0.3, -0.25) is 9.59 Å². The zero-order valence-corrected chi connectivity index (χ0v) is 19.4. The lowest BCUT2D eigenvalue weighted by Gasteiger charge is -2.31. The fraction of sp³-hybridized carbons (Fsp3) is 0.536. The van der Waals surface area contributed by atoms with Gasteiger partial charge in [0.2, 0.25) is 5.88 Å². The number of hydrogen-bond donors (Lipinski definition) is 0. The van der Waals surface area contributed by atoms with Gasteiger partial charge >= 0.3 is 0 Å². The highest BCUT2D eigenvalue weighted by Gasteiger charge is 2.38. The molecule has 1 aromatic heterocycles. The molecular weight excluding hydrogens is 414 g/mol. The second-order valence-corrected chi connectivity index (χ2v) is 10.1. The van der Waals surface area contributed by atoms with Crippen LogP contribution in [0.3, 0.4) is 0 Å². The van der Waals surface area contributed by atoms with Crippen LogP contribution in [0.15, 0.2) is 36.5 Å². The van der Waals surface area contributed by atoms with Gasteiger partial charge in [0.15, 0.2) is 0 Å². The van der Waals surface area contributed by atoms with Crippen LogP contribution in [0.25, 0.3) is 11.1 Å². The highest BCUT2D eigenvalue weighted by atomic mass is 16.5. The maximum atomic E-state index is 13.2. The number of aryl methyl sites for hydroxylation is 1. The van der Waals surface area contributed by atoms with Crippen molar-refractivity contribution in [1.82, 2.24) is 4.98 Å². The molecule has 1 aliphatic heterocycles. The van der Waals surface area contributed by atoms with E-state index in [-0.39, 0.29) is 17.5 Å². The first-order valence-corrected chi connectivity index (χ1v) is 12.4. The summed E-state index contributed by atoms with van der Waals surface area (Å²) in [6, 6.07) is 9.95. The van der Waals surface area contributed by atoms with Crippen molar-refractivity contribution < 1.29 is 19.1 Å². The van der Waals surface area contributed by atoms with E-state index in [1.165, 1.54) is 12.8 Å². The molecule has 1 saturated heterocycles. The Kier molecular flexibility index (Phi) is 6.59. The normalized spacial score (nSPS) is 24.2. The number of ether oxygens (including phenoxy) is 2. The van der Waals surface area contributed by atoms with Gasteiger partial charge in [0.25, 0.3) is 0 Å². The molecule has 0 atom stereocenters. The maximum absolute atomic E-state index is 13.2. The quantitative estimate of drug-likeness (QED) is 0.539. The number of carbonyl (C=O) groups excluding carboxylic acids is 2. The van der Waals surface area contributed by atoms with E-state index in [1.807, 2.05) is 37.3 Å². The van der Waals surface area contributed by atoms with Crippen molar-refractivity contribution in [1.29, 1.82) is 0 Å². The third-order valence-electron chi connectivity index (χ3n) is 7.46. The van der Waals surface area contributed by atoms with Gasteiger partial charge in [-0.1, -0.05) is 12.1 Å². The highest BCUT2D eigenvalue weighted by Crippen LogP contribution is 2.39. The summed E-state index contributed by atoms with van der Waals surface area (Å²) in [7, 11) is 0. The van der Waals surface area contributed by atoms with Gasteiger partial charge in [0.1, 0.15) is 17.5 Å². The molecule has 1 aromatic carbocycles. The summed E-state index contributed by atoms with van der Waals surface area (Å²) in [6.45, 7) is 4.28. The van der Waals surface area contributed by atoms with E-state index < -0.39 is 5.92 Å². The molecule has 0 radical (unpaired) electrons. The molecular formula is C28H33NO4. The Morgan fingerprint density at radius 3 is 2.45 bits per heavy atom. The molecule has 2 heterocycles. The van der Waals surface area contributed by atoms with Gasteiger partial charge in [-0.15, -0.1) is 0 Å². The largest absolute Gasteiger partial charge is 0.477 e. The van der Waals surface area contributed by atoms with Crippen molar-refractivity contribution >= 4 is 11.6 Å². The van der Waals surface area contributed by atoms with Crippen LogP contribution < -0.4 is 4.74 Å². The molecule has 2 saturated carbocycles. The molecule has 3 aliphatic rings. The second-order valence-electron chi connectivity index (χ2n) is 10.1. The van der Waals surface area contributed by atoms with E-state index in [4.69, 9.17) is 9.47 Å². The van der Waals surface area contributed by atoms with Crippen molar-refractivity contribution in [2.75, 3.05) is 19.8 Å². The van der Waals surface area contributed by atoms with Crippen LogP contribution in [-0.4, -0.2) is 36.4 Å². The molecule has 5 heteroatoms. The summed E-state index contributed by atoms with van der Waals surface area (Å²) in [5.41, 5.74) is 3.67. The van der Waals surface area contributed by atoms with Crippen molar-refractivity contribution in [2.45, 2.75) is 57.8 Å². The molecule has 2 aliphatic carbocycles. The first-order valence-electron chi connectivity index (χ1n) is 12.4. The fourth-order valence-electron chi connectivity index (χ4n) is 5.35. The van der Waals surface area contributed by atoms with Gasteiger partial charge in [-0.2, -0.15) is 0 Å². The second kappa shape index (κ2) is 9.76. The van der Waals surface area contributed by atoms with Crippen LogP contribution in [0.2, 0.25) is 0 Å². The van der Waals surface area contributed by atoms with Gasteiger partial charge in [0, 0.05) is 37.8 Å². The van der Waals surface area contributed by atoms with E-state index in [0.29, 0.717) is 37.2 Å². The lowest BCUT2D eigenvalue weighted by molar-refractivity contribution is -0.134. The molecule has 0 N–H and O–H groups in total. The molecule has 3 fully saturated rings. The van der Waals surface area contributed by atoms with Crippen molar-refractivity contribution in [2.24, 2.45) is 17.8 Å². The van der Waals surface area contributed by atoms with Crippen LogP contribution in [0.1, 0.15) is 62.0 Å². The summed E-state index contributed by atoms with van der Waals surface area (Å²) in [4.78, 5) is 30.9. The van der Waals surface area contributed by atoms with Crippen LogP contribution >= 0.6 is 0 Å². The molecule has 174 valence electrons. The summed E-state index contributed by atoms with van der Waals surface area (Å²) in [6.07, 6.45) is 8.23. The number of rotatable bonds is 7. The van der Waals surface area contributed by atoms with Crippen LogP contribution in [0.4, 0.5) is 0 Å². The SMILES string of the molecule is Cc1ccc(-c2cccnc2OCC2CC2)cc1C1C(=O)CC(CC2CCOCC2)CC1=O. The molecule has 0 bridgehead atoms.